The fraction of sp³-hybridized carbons (Fsp3) is 0.318. The highest BCUT2D eigenvalue weighted by Gasteiger charge is 2.24. The van der Waals surface area contributed by atoms with Gasteiger partial charge in [-0.1, -0.05) is 36.4 Å². The molecule has 1 aliphatic rings. The number of nitrogens with one attached hydrogen (secondary N) is 3. The molecular formula is C22H26N4O3. The van der Waals surface area contributed by atoms with Crippen molar-refractivity contribution in [1.82, 2.24) is 15.5 Å². The summed E-state index contributed by atoms with van der Waals surface area (Å²) in [4.78, 5) is 38.4. The normalized spacial score (nSPS) is 14.2. The lowest BCUT2D eigenvalue weighted by Crippen LogP contribution is -2.49. The molecule has 0 atom stereocenters. The lowest BCUT2D eigenvalue weighted by Gasteiger charge is -2.32. The van der Waals surface area contributed by atoms with Crippen molar-refractivity contribution in [3.63, 3.8) is 0 Å². The molecule has 0 spiro atoms. The summed E-state index contributed by atoms with van der Waals surface area (Å²) in [7, 11) is 0. The predicted molar refractivity (Wildman–Crippen MR) is 112 cm³/mol. The Kier molecular flexibility index (Phi) is 6.84. The van der Waals surface area contributed by atoms with Crippen LogP contribution in [0.25, 0.3) is 0 Å². The summed E-state index contributed by atoms with van der Waals surface area (Å²) in [6.07, 6.45) is 1.36. The number of anilines is 1. The molecule has 1 saturated heterocycles. The molecule has 0 aliphatic carbocycles. The summed E-state index contributed by atoms with van der Waals surface area (Å²) in [5.74, 6) is -0.482. The molecule has 0 radical (unpaired) electrons. The first-order chi connectivity index (χ1) is 14.0. The summed E-state index contributed by atoms with van der Waals surface area (Å²) in [5.41, 5.74) is 2.20. The van der Waals surface area contributed by atoms with E-state index >= 15 is 0 Å². The van der Waals surface area contributed by atoms with Crippen LogP contribution in [0, 0.1) is 6.92 Å². The van der Waals surface area contributed by atoms with E-state index in [9.17, 15) is 14.4 Å². The molecule has 1 heterocycles. The van der Waals surface area contributed by atoms with E-state index < -0.39 is 0 Å². The molecule has 3 rings (SSSR count). The molecule has 2 aromatic rings. The monoisotopic (exact) mass is 394 g/mol. The molecule has 0 unspecified atom stereocenters. The molecule has 1 aliphatic heterocycles. The van der Waals surface area contributed by atoms with Gasteiger partial charge in [-0.2, -0.15) is 0 Å². The van der Waals surface area contributed by atoms with Crippen LogP contribution in [0.4, 0.5) is 10.5 Å². The van der Waals surface area contributed by atoms with Gasteiger partial charge in [0.05, 0.1) is 6.54 Å². The van der Waals surface area contributed by atoms with E-state index in [2.05, 4.69) is 16.0 Å². The van der Waals surface area contributed by atoms with Gasteiger partial charge in [0.25, 0.3) is 5.91 Å². The van der Waals surface area contributed by atoms with Gasteiger partial charge in [0.2, 0.25) is 5.91 Å². The summed E-state index contributed by atoms with van der Waals surface area (Å²) < 4.78 is 0. The van der Waals surface area contributed by atoms with Crippen LogP contribution >= 0.6 is 0 Å². The van der Waals surface area contributed by atoms with E-state index in [1.165, 1.54) is 0 Å². The van der Waals surface area contributed by atoms with Crippen molar-refractivity contribution < 1.29 is 14.4 Å². The number of hydrogen-bond acceptors (Lipinski definition) is 3. The zero-order valence-electron chi connectivity index (χ0n) is 16.5. The van der Waals surface area contributed by atoms with E-state index in [1.54, 1.807) is 17.0 Å². The standard InChI is InChI=1S/C22H26N4O3/c1-16-7-5-6-10-19(16)21(28)23-15-20(27)24-18-11-13-26(14-12-18)22(29)25-17-8-3-2-4-9-17/h2-10,18H,11-15H2,1H3,(H,23,28)(H,24,27)(H,25,29). The van der Waals surface area contributed by atoms with Crippen molar-refractivity contribution in [1.29, 1.82) is 0 Å². The topological polar surface area (TPSA) is 90.5 Å². The fourth-order valence-electron chi connectivity index (χ4n) is 3.31. The highest BCUT2D eigenvalue weighted by Crippen LogP contribution is 2.13. The van der Waals surface area contributed by atoms with Gasteiger partial charge in [0.15, 0.2) is 0 Å². The average molecular weight is 394 g/mol. The molecule has 1 fully saturated rings. The molecule has 29 heavy (non-hydrogen) atoms. The maximum Gasteiger partial charge on any atom is 0.321 e. The number of amides is 4. The highest BCUT2D eigenvalue weighted by atomic mass is 16.2. The third-order valence-corrected chi connectivity index (χ3v) is 4.97. The second kappa shape index (κ2) is 9.73. The number of rotatable bonds is 5. The third-order valence-electron chi connectivity index (χ3n) is 4.97. The van der Waals surface area contributed by atoms with E-state index in [0.717, 1.165) is 11.3 Å². The Morgan fingerprint density at radius 2 is 1.62 bits per heavy atom. The first-order valence-corrected chi connectivity index (χ1v) is 9.77. The first kappa shape index (κ1) is 20.4. The molecule has 3 N–H and O–H groups in total. The van der Waals surface area contributed by atoms with Gasteiger partial charge in [-0.3, -0.25) is 9.59 Å². The van der Waals surface area contributed by atoms with Gasteiger partial charge >= 0.3 is 6.03 Å². The van der Waals surface area contributed by atoms with E-state index in [1.807, 2.05) is 49.4 Å². The SMILES string of the molecule is Cc1ccccc1C(=O)NCC(=O)NC1CCN(C(=O)Nc2ccccc2)CC1. The maximum atomic E-state index is 12.3. The van der Waals surface area contributed by atoms with Crippen LogP contribution in [-0.4, -0.2) is 48.4 Å². The van der Waals surface area contributed by atoms with Gasteiger partial charge in [-0.15, -0.1) is 0 Å². The highest BCUT2D eigenvalue weighted by molar-refractivity contribution is 5.97. The van der Waals surface area contributed by atoms with Crippen LogP contribution in [0.3, 0.4) is 0 Å². The van der Waals surface area contributed by atoms with Gasteiger partial charge in [0, 0.05) is 30.4 Å². The van der Waals surface area contributed by atoms with Crippen LogP contribution in [-0.2, 0) is 4.79 Å². The van der Waals surface area contributed by atoms with Crippen LogP contribution in [0.5, 0.6) is 0 Å². The zero-order valence-corrected chi connectivity index (χ0v) is 16.5. The number of carbonyl (C=O) groups excluding carboxylic acids is 3. The number of nitrogens with zero attached hydrogens (tertiary/aromatic N) is 1. The van der Waals surface area contributed by atoms with Crippen molar-refractivity contribution in [3.05, 3.63) is 65.7 Å². The van der Waals surface area contributed by atoms with Crippen LogP contribution in [0.2, 0.25) is 0 Å². The lowest BCUT2D eigenvalue weighted by atomic mass is 10.1. The van der Waals surface area contributed by atoms with Gasteiger partial charge in [0.1, 0.15) is 0 Å². The lowest BCUT2D eigenvalue weighted by molar-refractivity contribution is -0.121. The zero-order chi connectivity index (χ0) is 20.6. The van der Waals surface area contributed by atoms with Crippen LogP contribution < -0.4 is 16.0 Å². The molecule has 2 aromatic carbocycles. The van der Waals surface area contributed by atoms with Crippen LogP contribution in [0.1, 0.15) is 28.8 Å². The van der Waals surface area contributed by atoms with Gasteiger partial charge in [-0.05, 0) is 43.5 Å². The molecule has 7 nitrogen and oxygen atoms in total. The number of piperidine rings is 1. The Bertz CT molecular complexity index is 861. The summed E-state index contributed by atoms with van der Waals surface area (Å²) in [6, 6.07) is 16.4. The number of hydrogen-bond donors (Lipinski definition) is 3. The maximum absolute atomic E-state index is 12.3. The fourth-order valence-corrected chi connectivity index (χ4v) is 3.31. The summed E-state index contributed by atoms with van der Waals surface area (Å²) in [5, 5.41) is 8.47. The smallest absolute Gasteiger partial charge is 0.321 e. The van der Waals surface area contributed by atoms with Gasteiger partial charge in [-0.25, -0.2) is 4.79 Å². The minimum absolute atomic E-state index is 0.00126. The predicted octanol–water partition coefficient (Wildman–Crippen LogP) is 2.54. The molecule has 0 aromatic heterocycles. The Morgan fingerprint density at radius 1 is 0.966 bits per heavy atom. The summed E-state index contributed by atoms with van der Waals surface area (Å²) in [6.45, 7) is 2.93. The number of benzene rings is 2. The Hall–Kier alpha value is -3.35. The molecule has 7 heteroatoms. The minimum Gasteiger partial charge on any atom is -0.352 e. The third kappa shape index (κ3) is 5.81. The van der Waals surface area contributed by atoms with Crippen molar-refractivity contribution in [2.24, 2.45) is 0 Å². The second-order valence-electron chi connectivity index (χ2n) is 7.12. The molecular weight excluding hydrogens is 368 g/mol. The van der Waals surface area contributed by atoms with E-state index in [4.69, 9.17) is 0 Å². The number of urea groups is 1. The van der Waals surface area contributed by atoms with Crippen molar-refractivity contribution in [2.45, 2.75) is 25.8 Å². The molecule has 152 valence electrons. The Labute approximate surface area is 170 Å². The molecule has 4 amide bonds. The van der Waals surface area contributed by atoms with Gasteiger partial charge < -0.3 is 20.9 Å². The van der Waals surface area contributed by atoms with Crippen molar-refractivity contribution in [3.8, 4) is 0 Å². The van der Waals surface area contributed by atoms with E-state index in [-0.39, 0.29) is 30.4 Å². The molecule has 0 bridgehead atoms. The van der Waals surface area contributed by atoms with Crippen LogP contribution in [0.15, 0.2) is 54.6 Å². The Morgan fingerprint density at radius 3 is 2.31 bits per heavy atom. The largest absolute Gasteiger partial charge is 0.352 e. The van der Waals surface area contributed by atoms with E-state index in [0.29, 0.717) is 31.5 Å². The number of carbonyl (C=O) groups is 3. The number of aryl methyl sites for hydroxylation is 1. The first-order valence-electron chi connectivity index (χ1n) is 9.77. The second-order valence-corrected chi connectivity index (χ2v) is 7.12. The Balaban J connectivity index is 1.39. The molecule has 0 saturated carbocycles. The number of para-hydroxylation sites is 1. The minimum atomic E-state index is -0.259. The van der Waals surface area contributed by atoms with Crippen molar-refractivity contribution in [2.75, 3.05) is 25.0 Å². The summed E-state index contributed by atoms with van der Waals surface area (Å²) >= 11 is 0. The van der Waals surface area contributed by atoms with Crippen molar-refractivity contribution >= 4 is 23.5 Å². The quantitative estimate of drug-likeness (QED) is 0.728. The average Bonchev–Trinajstić information content (AvgIpc) is 2.73. The number of likely N-dealkylation sites (tertiary alicyclic amines) is 1.